The number of halogens is 2. The Morgan fingerprint density at radius 2 is 1.88 bits per heavy atom. The van der Waals surface area contributed by atoms with E-state index in [0.717, 1.165) is 4.57 Å². The van der Waals surface area contributed by atoms with E-state index in [2.05, 4.69) is 4.98 Å². The van der Waals surface area contributed by atoms with Gasteiger partial charge in [0.15, 0.2) is 5.82 Å². The van der Waals surface area contributed by atoms with Gasteiger partial charge in [0.1, 0.15) is 17.9 Å². The first kappa shape index (κ1) is 16.9. The third-order valence-corrected chi connectivity index (χ3v) is 3.60. The van der Waals surface area contributed by atoms with Crippen molar-refractivity contribution in [1.82, 2.24) is 9.55 Å². The molecule has 7 heteroatoms. The third-order valence-electron chi connectivity index (χ3n) is 3.60. The van der Waals surface area contributed by atoms with Gasteiger partial charge in [-0.05, 0) is 31.2 Å². The van der Waals surface area contributed by atoms with Crippen LogP contribution in [0.2, 0.25) is 0 Å². The standard InChI is InChI=1S/C18H16F2N2O3/c1-2-24-15-10-6-3-7-12(15)17(23)25-11-16-21-13-8-4-5-9-14(13)22(16)18(19)20/h3-10,18H,2,11H2,1H3. The summed E-state index contributed by atoms with van der Waals surface area (Å²) in [4.78, 5) is 16.4. The number of imidazole rings is 1. The van der Waals surface area contributed by atoms with Crippen molar-refractivity contribution in [3.05, 3.63) is 59.9 Å². The van der Waals surface area contributed by atoms with Gasteiger partial charge in [0.25, 0.3) is 0 Å². The number of hydrogen-bond donors (Lipinski definition) is 0. The molecule has 0 fully saturated rings. The Morgan fingerprint density at radius 1 is 1.16 bits per heavy atom. The first-order chi connectivity index (χ1) is 12.1. The predicted molar refractivity (Wildman–Crippen MR) is 87.7 cm³/mol. The largest absolute Gasteiger partial charge is 0.493 e. The minimum Gasteiger partial charge on any atom is -0.493 e. The van der Waals surface area contributed by atoms with Crippen LogP contribution >= 0.6 is 0 Å². The lowest BCUT2D eigenvalue weighted by Crippen LogP contribution is -2.11. The fourth-order valence-electron chi connectivity index (χ4n) is 2.54. The molecule has 0 aliphatic heterocycles. The van der Waals surface area contributed by atoms with Gasteiger partial charge in [-0.1, -0.05) is 24.3 Å². The summed E-state index contributed by atoms with van der Waals surface area (Å²) < 4.78 is 38.1. The van der Waals surface area contributed by atoms with E-state index in [1.165, 1.54) is 0 Å². The van der Waals surface area contributed by atoms with Gasteiger partial charge in [0.05, 0.1) is 17.6 Å². The smallest absolute Gasteiger partial charge is 0.342 e. The Balaban J connectivity index is 1.83. The molecule has 5 nitrogen and oxygen atoms in total. The molecule has 1 aromatic heterocycles. The lowest BCUT2D eigenvalue weighted by molar-refractivity contribution is 0.0384. The maximum atomic E-state index is 13.4. The van der Waals surface area contributed by atoms with Crippen LogP contribution in [0.15, 0.2) is 48.5 Å². The van der Waals surface area contributed by atoms with Gasteiger partial charge in [0, 0.05) is 0 Å². The number of alkyl halides is 2. The van der Waals surface area contributed by atoms with E-state index < -0.39 is 12.5 Å². The number of rotatable bonds is 6. The molecule has 0 N–H and O–H groups in total. The molecule has 130 valence electrons. The van der Waals surface area contributed by atoms with Crippen LogP contribution in [0.1, 0.15) is 29.7 Å². The van der Waals surface area contributed by atoms with Gasteiger partial charge in [-0.15, -0.1) is 0 Å². The minimum absolute atomic E-state index is 0.0153. The van der Waals surface area contributed by atoms with Crippen molar-refractivity contribution >= 4 is 17.0 Å². The molecule has 0 saturated carbocycles. The van der Waals surface area contributed by atoms with E-state index in [4.69, 9.17) is 9.47 Å². The number of nitrogens with zero attached hydrogens (tertiary/aromatic N) is 2. The van der Waals surface area contributed by atoms with Crippen molar-refractivity contribution in [2.75, 3.05) is 6.61 Å². The summed E-state index contributed by atoms with van der Waals surface area (Å²) in [5, 5.41) is 0. The molecule has 1 heterocycles. The lowest BCUT2D eigenvalue weighted by atomic mass is 10.2. The topological polar surface area (TPSA) is 53.4 Å². The molecule has 0 amide bonds. The number of ether oxygens (including phenoxy) is 2. The molecule has 0 saturated heterocycles. The average Bonchev–Trinajstić information content (AvgIpc) is 2.99. The van der Waals surface area contributed by atoms with Crippen LogP contribution in [-0.2, 0) is 11.3 Å². The normalized spacial score (nSPS) is 11.0. The van der Waals surface area contributed by atoms with Crippen molar-refractivity contribution in [2.45, 2.75) is 20.1 Å². The molecule has 0 bridgehead atoms. The van der Waals surface area contributed by atoms with Crippen LogP contribution < -0.4 is 4.74 Å². The minimum atomic E-state index is -2.78. The number of esters is 1. The molecule has 25 heavy (non-hydrogen) atoms. The zero-order chi connectivity index (χ0) is 17.8. The second-order valence-corrected chi connectivity index (χ2v) is 5.17. The number of benzene rings is 2. The predicted octanol–water partition coefficient (Wildman–Crippen LogP) is 4.19. The number of carbonyl (C=O) groups is 1. The first-order valence-corrected chi connectivity index (χ1v) is 7.74. The zero-order valence-electron chi connectivity index (χ0n) is 13.5. The van der Waals surface area contributed by atoms with Crippen LogP contribution in [0.3, 0.4) is 0 Å². The van der Waals surface area contributed by atoms with Crippen LogP contribution in [0.4, 0.5) is 8.78 Å². The van der Waals surface area contributed by atoms with Crippen molar-refractivity contribution in [2.24, 2.45) is 0 Å². The average molecular weight is 346 g/mol. The van der Waals surface area contributed by atoms with E-state index in [9.17, 15) is 13.6 Å². The summed E-state index contributed by atoms with van der Waals surface area (Å²) in [6.45, 7) is -0.950. The van der Waals surface area contributed by atoms with Gasteiger partial charge in [-0.2, -0.15) is 8.78 Å². The summed E-state index contributed by atoms with van der Waals surface area (Å²) in [7, 11) is 0. The highest BCUT2D eigenvalue weighted by Crippen LogP contribution is 2.24. The molecule has 0 aliphatic carbocycles. The van der Waals surface area contributed by atoms with Crippen molar-refractivity contribution in [3.8, 4) is 5.75 Å². The van der Waals surface area contributed by atoms with E-state index in [1.807, 2.05) is 0 Å². The highest BCUT2D eigenvalue weighted by atomic mass is 19.3. The molecule has 2 aromatic carbocycles. The van der Waals surface area contributed by atoms with Crippen LogP contribution in [0.5, 0.6) is 5.75 Å². The lowest BCUT2D eigenvalue weighted by Gasteiger charge is -2.11. The number of aromatic nitrogens is 2. The second kappa shape index (κ2) is 7.29. The van der Waals surface area contributed by atoms with Crippen molar-refractivity contribution < 1.29 is 23.0 Å². The highest BCUT2D eigenvalue weighted by Gasteiger charge is 2.20. The van der Waals surface area contributed by atoms with Crippen LogP contribution in [-0.4, -0.2) is 22.1 Å². The maximum absolute atomic E-state index is 13.4. The summed E-state index contributed by atoms with van der Waals surface area (Å²) in [6, 6.07) is 13.1. The van der Waals surface area contributed by atoms with E-state index in [1.54, 1.807) is 55.5 Å². The first-order valence-electron chi connectivity index (χ1n) is 7.74. The van der Waals surface area contributed by atoms with Gasteiger partial charge >= 0.3 is 12.5 Å². The van der Waals surface area contributed by atoms with Gasteiger partial charge in [-0.3, -0.25) is 4.57 Å². The number of carbonyl (C=O) groups excluding carboxylic acids is 1. The monoisotopic (exact) mass is 346 g/mol. The summed E-state index contributed by atoms with van der Waals surface area (Å²) in [5.74, 6) is -0.285. The van der Waals surface area contributed by atoms with Crippen LogP contribution in [0.25, 0.3) is 11.0 Å². The van der Waals surface area contributed by atoms with Crippen molar-refractivity contribution in [3.63, 3.8) is 0 Å². The van der Waals surface area contributed by atoms with Crippen LogP contribution in [0, 0.1) is 0 Å². The molecule has 0 radical (unpaired) electrons. The van der Waals surface area contributed by atoms with Gasteiger partial charge < -0.3 is 9.47 Å². The Kier molecular flexibility index (Phi) is 4.92. The highest BCUT2D eigenvalue weighted by molar-refractivity contribution is 5.92. The fraction of sp³-hybridized carbons (Fsp3) is 0.222. The fourth-order valence-corrected chi connectivity index (χ4v) is 2.54. The second-order valence-electron chi connectivity index (χ2n) is 5.17. The van der Waals surface area contributed by atoms with Gasteiger partial charge in [0.2, 0.25) is 0 Å². The van der Waals surface area contributed by atoms with Gasteiger partial charge in [-0.25, -0.2) is 9.78 Å². The SMILES string of the molecule is CCOc1ccccc1C(=O)OCc1nc2ccccc2n1C(F)F. The zero-order valence-corrected chi connectivity index (χ0v) is 13.5. The van der Waals surface area contributed by atoms with E-state index in [-0.39, 0.29) is 18.0 Å². The Bertz CT molecular complexity index is 893. The molecule has 0 aliphatic rings. The number of fused-ring (bicyclic) bond motifs is 1. The molecular formula is C18H16F2N2O3. The molecule has 0 atom stereocenters. The van der Waals surface area contributed by atoms with E-state index in [0.29, 0.717) is 23.4 Å². The van der Waals surface area contributed by atoms with E-state index >= 15 is 0 Å². The molecule has 0 unspecified atom stereocenters. The number of para-hydroxylation sites is 3. The Morgan fingerprint density at radius 3 is 2.64 bits per heavy atom. The molecule has 3 rings (SSSR count). The summed E-state index contributed by atoms with van der Waals surface area (Å²) in [5.41, 5.74) is 0.950. The molecule has 0 spiro atoms. The third kappa shape index (κ3) is 3.45. The Labute approximate surface area is 142 Å². The number of hydrogen-bond acceptors (Lipinski definition) is 4. The van der Waals surface area contributed by atoms with Crippen molar-refractivity contribution in [1.29, 1.82) is 0 Å². The quantitative estimate of drug-likeness (QED) is 0.628. The Hall–Kier alpha value is -2.96. The molecule has 3 aromatic rings. The maximum Gasteiger partial charge on any atom is 0.342 e. The summed E-state index contributed by atoms with van der Waals surface area (Å²) >= 11 is 0. The summed E-state index contributed by atoms with van der Waals surface area (Å²) in [6.07, 6.45) is 0. The molecular weight excluding hydrogens is 330 g/mol.